The van der Waals surface area contributed by atoms with Crippen molar-refractivity contribution in [1.29, 1.82) is 0 Å². The molecule has 0 saturated carbocycles. The van der Waals surface area contributed by atoms with Gasteiger partial charge in [0.15, 0.2) is 5.16 Å². The van der Waals surface area contributed by atoms with Gasteiger partial charge in [-0.2, -0.15) is 0 Å². The molecule has 5 nitrogen and oxygen atoms in total. The van der Waals surface area contributed by atoms with Gasteiger partial charge in [0.1, 0.15) is 5.75 Å². The summed E-state index contributed by atoms with van der Waals surface area (Å²) in [5.41, 5.74) is 3.48. The van der Waals surface area contributed by atoms with Gasteiger partial charge in [-0.1, -0.05) is 60.3 Å². The van der Waals surface area contributed by atoms with Gasteiger partial charge in [0.05, 0.1) is 24.1 Å². The number of para-hydroxylation sites is 1. The number of methoxy groups -OCH3 is 1. The second kappa shape index (κ2) is 8.75. The second-order valence-corrected chi connectivity index (χ2v) is 7.25. The molecule has 0 saturated heterocycles. The first-order valence-corrected chi connectivity index (χ1v) is 10.1. The smallest absolute Gasteiger partial charge is 0.234 e. The molecule has 0 bridgehead atoms. The molecule has 29 heavy (non-hydrogen) atoms. The Bertz CT molecular complexity index is 1130. The number of anilines is 1. The van der Waals surface area contributed by atoms with E-state index in [1.807, 2.05) is 54.6 Å². The number of carbonyl (C=O) groups is 1. The Morgan fingerprint density at radius 3 is 2.41 bits per heavy atom. The Labute approximate surface area is 173 Å². The SMILES string of the molecule is COc1ccc(NC(=O)CSc2nc(-c3ccccc3)c3ccccc3n2)cc1. The lowest BCUT2D eigenvalue weighted by Gasteiger charge is -2.09. The largest absolute Gasteiger partial charge is 0.497 e. The number of aromatic nitrogens is 2. The van der Waals surface area contributed by atoms with Gasteiger partial charge in [0.25, 0.3) is 0 Å². The predicted octanol–water partition coefficient (Wildman–Crippen LogP) is 5.04. The van der Waals surface area contributed by atoms with Crippen LogP contribution in [-0.2, 0) is 4.79 Å². The van der Waals surface area contributed by atoms with E-state index >= 15 is 0 Å². The normalized spacial score (nSPS) is 10.7. The molecule has 1 N–H and O–H groups in total. The summed E-state index contributed by atoms with van der Waals surface area (Å²) in [6.07, 6.45) is 0. The second-order valence-electron chi connectivity index (χ2n) is 6.30. The molecular weight excluding hydrogens is 382 g/mol. The van der Waals surface area contributed by atoms with Crippen LogP contribution in [0.15, 0.2) is 84.0 Å². The van der Waals surface area contributed by atoms with Gasteiger partial charge in [0.2, 0.25) is 5.91 Å². The summed E-state index contributed by atoms with van der Waals surface area (Å²) in [7, 11) is 1.61. The third-order valence-corrected chi connectivity index (χ3v) is 5.18. The van der Waals surface area contributed by atoms with Gasteiger partial charge in [-0.3, -0.25) is 4.79 Å². The number of rotatable bonds is 6. The van der Waals surface area contributed by atoms with Crippen molar-refractivity contribution in [1.82, 2.24) is 9.97 Å². The lowest BCUT2D eigenvalue weighted by molar-refractivity contribution is -0.113. The highest BCUT2D eigenvalue weighted by molar-refractivity contribution is 7.99. The molecule has 0 aliphatic carbocycles. The van der Waals surface area contributed by atoms with Crippen LogP contribution in [0.1, 0.15) is 0 Å². The molecule has 0 aliphatic heterocycles. The fraction of sp³-hybridized carbons (Fsp3) is 0.0870. The summed E-state index contributed by atoms with van der Waals surface area (Å²) in [5, 5.41) is 4.44. The standard InChI is InChI=1S/C23H19N3O2S/c1-28-18-13-11-17(12-14-18)24-21(27)15-29-23-25-20-10-6-5-9-19(20)22(26-23)16-7-3-2-4-8-16/h2-14H,15H2,1H3,(H,24,27). The lowest BCUT2D eigenvalue weighted by atomic mass is 10.1. The summed E-state index contributed by atoms with van der Waals surface area (Å²) in [5.74, 6) is 0.854. The maximum atomic E-state index is 12.3. The minimum Gasteiger partial charge on any atom is -0.497 e. The maximum absolute atomic E-state index is 12.3. The molecule has 0 unspecified atom stereocenters. The van der Waals surface area contributed by atoms with Gasteiger partial charge < -0.3 is 10.1 Å². The quantitative estimate of drug-likeness (QED) is 0.362. The van der Waals surface area contributed by atoms with Crippen molar-refractivity contribution in [3.63, 3.8) is 0 Å². The molecule has 0 atom stereocenters. The van der Waals surface area contributed by atoms with Crippen molar-refractivity contribution in [3.05, 3.63) is 78.9 Å². The average Bonchev–Trinajstić information content (AvgIpc) is 2.78. The summed E-state index contributed by atoms with van der Waals surface area (Å²) >= 11 is 1.32. The highest BCUT2D eigenvalue weighted by Gasteiger charge is 2.11. The molecular formula is C23H19N3O2S. The summed E-state index contributed by atoms with van der Waals surface area (Å²) in [6.45, 7) is 0. The number of nitrogens with one attached hydrogen (secondary N) is 1. The van der Waals surface area contributed by atoms with E-state index in [0.29, 0.717) is 5.16 Å². The van der Waals surface area contributed by atoms with E-state index in [9.17, 15) is 4.79 Å². The number of hydrogen-bond acceptors (Lipinski definition) is 5. The number of amides is 1. The van der Waals surface area contributed by atoms with Crippen molar-refractivity contribution in [2.45, 2.75) is 5.16 Å². The van der Waals surface area contributed by atoms with Gasteiger partial charge >= 0.3 is 0 Å². The van der Waals surface area contributed by atoms with Crippen LogP contribution in [0, 0.1) is 0 Å². The number of hydrogen-bond donors (Lipinski definition) is 1. The summed E-state index contributed by atoms with van der Waals surface area (Å²) in [4.78, 5) is 21.7. The van der Waals surface area contributed by atoms with Crippen molar-refractivity contribution in [3.8, 4) is 17.0 Å². The molecule has 3 aromatic carbocycles. The van der Waals surface area contributed by atoms with Crippen LogP contribution in [0.5, 0.6) is 5.75 Å². The van der Waals surface area contributed by atoms with E-state index < -0.39 is 0 Å². The predicted molar refractivity (Wildman–Crippen MR) is 117 cm³/mol. The van der Waals surface area contributed by atoms with Gasteiger partial charge in [-0.05, 0) is 30.3 Å². The van der Waals surface area contributed by atoms with Crippen LogP contribution in [0.4, 0.5) is 5.69 Å². The summed E-state index contributed by atoms with van der Waals surface area (Å²) < 4.78 is 5.13. The Hall–Kier alpha value is -3.38. The molecule has 0 radical (unpaired) electrons. The van der Waals surface area contributed by atoms with E-state index in [4.69, 9.17) is 9.72 Å². The van der Waals surface area contributed by atoms with E-state index in [2.05, 4.69) is 10.3 Å². The molecule has 0 spiro atoms. The van der Waals surface area contributed by atoms with Gasteiger partial charge in [0, 0.05) is 16.6 Å². The number of fused-ring (bicyclic) bond motifs is 1. The highest BCUT2D eigenvalue weighted by Crippen LogP contribution is 2.28. The van der Waals surface area contributed by atoms with Gasteiger partial charge in [-0.25, -0.2) is 9.97 Å². The Balaban J connectivity index is 1.52. The number of thioether (sulfide) groups is 1. The van der Waals surface area contributed by atoms with Crippen molar-refractivity contribution in [2.24, 2.45) is 0 Å². The van der Waals surface area contributed by atoms with Crippen LogP contribution < -0.4 is 10.1 Å². The first kappa shape index (κ1) is 19.0. The van der Waals surface area contributed by atoms with Crippen LogP contribution >= 0.6 is 11.8 Å². The van der Waals surface area contributed by atoms with Crippen LogP contribution in [0.2, 0.25) is 0 Å². The first-order valence-electron chi connectivity index (χ1n) is 9.12. The number of benzene rings is 3. The zero-order chi connectivity index (χ0) is 20.1. The minimum atomic E-state index is -0.113. The third kappa shape index (κ3) is 4.55. The molecule has 0 aliphatic rings. The average molecular weight is 401 g/mol. The highest BCUT2D eigenvalue weighted by atomic mass is 32.2. The first-order chi connectivity index (χ1) is 14.2. The summed E-state index contributed by atoms with van der Waals surface area (Å²) in [6, 6.07) is 25.1. The van der Waals surface area contributed by atoms with Crippen LogP contribution in [0.25, 0.3) is 22.2 Å². The van der Waals surface area contributed by atoms with Crippen molar-refractivity contribution >= 4 is 34.3 Å². The van der Waals surface area contributed by atoms with Crippen LogP contribution in [-0.4, -0.2) is 28.7 Å². The number of ether oxygens (including phenoxy) is 1. The molecule has 4 rings (SSSR count). The molecule has 6 heteroatoms. The van der Waals surface area contributed by atoms with Crippen molar-refractivity contribution < 1.29 is 9.53 Å². The molecule has 144 valence electrons. The van der Waals surface area contributed by atoms with E-state index in [1.54, 1.807) is 31.4 Å². The Kier molecular flexibility index (Phi) is 5.72. The molecule has 4 aromatic rings. The Morgan fingerprint density at radius 1 is 0.931 bits per heavy atom. The molecule has 1 aromatic heterocycles. The molecule has 1 heterocycles. The number of nitrogens with zero attached hydrogens (tertiary/aromatic N) is 2. The number of carbonyl (C=O) groups excluding carboxylic acids is 1. The van der Waals surface area contributed by atoms with Crippen LogP contribution in [0.3, 0.4) is 0 Å². The fourth-order valence-corrected chi connectivity index (χ4v) is 3.59. The Morgan fingerprint density at radius 2 is 1.66 bits per heavy atom. The van der Waals surface area contributed by atoms with E-state index in [0.717, 1.165) is 33.6 Å². The zero-order valence-electron chi connectivity index (χ0n) is 15.8. The van der Waals surface area contributed by atoms with E-state index in [-0.39, 0.29) is 11.7 Å². The topological polar surface area (TPSA) is 64.1 Å². The third-order valence-electron chi connectivity index (χ3n) is 4.34. The minimum absolute atomic E-state index is 0.113. The zero-order valence-corrected chi connectivity index (χ0v) is 16.6. The molecule has 1 amide bonds. The van der Waals surface area contributed by atoms with Gasteiger partial charge in [-0.15, -0.1) is 0 Å². The maximum Gasteiger partial charge on any atom is 0.234 e. The molecule has 0 fully saturated rings. The lowest BCUT2D eigenvalue weighted by Crippen LogP contribution is -2.14. The monoisotopic (exact) mass is 401 g/mol. The fourth-order valence-electron chi connectivity index (χ4n) is 2.94. The van der Waals surface area contributed by atoms with Crippen molar-refractivity contribution in [2.75, 3.05) is 18.2 Å². The van der Waals surface area contributed by atoms with E-state index in [1.165, 1.54) is 11.8 Å².